The SMILES string of the molecule is CC(=O)Cc1ccc(C)c(CC(=O)Oc2ccccc2)c1. The van der Waals surface area contributed by atoms with Crippen molar-refractivity contribution >= 4 is 11.8 Å². The molecule has 3 heteroatoms. The first-order valence-corrected chi connectivity index (χ1v) is 6.88. The van der Waals surface area contributed by atoms with Crippen molar-refractivity contribution in [2.24, 2.45) is 0 Å². The van der Waals surface area contributed by atoms with Crippen LogP contribution in [-0.4, -0.2) is 11.8 Å². The van der Waals surface area contributed by atoms with Crippen molar-refractivity contribution in [1.82, 2.24) is 0 Å². The summed E-state index contributed by atoms with van der Waals surface area (Å²) in [5.74, 6) is 0.348. The van der Waals surface area contributed by atoms with Crippen molar-refractivity contribution in [3.8, 4) is 5.75 Å². The molecule has 0 bridgehead atoms. The Morgan fingerprint density at radius 1 is 1.00 bits per heavy atom. The number of ether oxygens (including phenoxy) is 1. The molecule has 0 aliphatic rings. The van der Waals surface area contributed by atoms with E-state index in [1.807, 2.05) is 43.3 Å². The van der Waals surface area contributed by atoms with E-state index in [2.05, 4.69) is 0 Å². The fourth-order valence-electron chi connectivity index (χ4n) is 2.12. The first-order valence-electron chi connectivity index (χ1n) is 6.88. The van der Waals surface area contributed by atoms with E-state index in [1.54, 1.807) is 19.1 Å². The molecule has 0 fully saturated rings. The Balaban J connectivity index is 2.07. The Kier molecular flexibility index (Phi) is 4.88. The van der Waals surface area contributed by atoms with Crippen molar-refractivity contribution in [3.63, 3.8) is 0 Å². The van der Waals surface area contributed by atoms with E-state index < -0.39 is 0 Å². The van der Waals surface area contributed by atoms with Crippen molar-refractivity contribution in [2.45, 2.75) is 26.7 Å². The fraction of sp³-hybridized carbons (Fsp3) is 0.222. The van der Waals surface area contributed by atoms with Crippen molar-refractivity contribution in [3.05, 3.63) is 65.2 Å². The van der Waals surface area contributed by atoms with E-state index in [9.17, 15) is 9.59 Å². The smallest absolute Gasteiger partial charge is 0.315 e. The van der Waals surface area contributed by atoms with Gasteiger partial charge in [0, 0.05) is 6.42 Å². The van der Waals surface area contributed by atoms with Gasteiger partial charge in [-0.05, 0) is 42.7 Å². The highest BCUT2D eigenvalue weighted by molar-refractivity contribution is 5.79. The first kappa shape index (κ1) is 15.0. The van der Waals surface area contributed by atoms with Gasteiger partial charge in [-0.1, -0.05) is 36.4 Å². The van der Waals surface area contributed by atoms with Gasteiger partial charge < -0.3 is 4.74 Å². The molecule has 0 saturated heterocycles. The molecule has 3 nitrogen and oxygen atoms in total. The number of esters is 1. The van der Waals surface area contributed by atoms with Crippen LogP contribution in [0.3, 0.4) is 0 Å². The minimum Gasteiger partial charge on any atom is -0.426 e. The largest absolute Gasteiger partial charge is 0.426 e. The molecule has 21 heavy (non-hydrogen) atoms. The van der Waals surface area contributed by atoms with Crippen LogP contribution in [0.2, 0.25) is 0 Å². The van der Waals surface area contributed by atoms with Gasteiger partial charge in [0.15, 0.2) is 0 Å². The van der Waals surface area contributed by atoms with E-state index in [-0.39, 0.29) is 18.2 Å². The number of hydrogen-bond donors (Lipinski definition) is 0. The lowest BCUT2D eigenvalue weighted by Crippen LogP contribution is -2.12. The number of ketones is 1. The van der Waals surface area contributed by atoms with E-state index in [1.165, 1.54) is 0 Å². The van der Waals surface area contributed by atoms with E-state index in [0.29, 0.717) is 12.2 Å². The van der Waals surface area contributed by atoms with Crippen LogP contribution in [0.4, 0.5) is 0 Å². The molecule has 0 aromatic heterocycles. The number of aryl methyl sites for hydroxylation is 1. The molecule has 0 amide bonds. The molecule has 2 aromatic carbocycles. The summed E-state index contributed by atoms with van der Waals surface area (Å²) in [7, 11) is 0. The normalized spacial score (nSPS) is 10.2. The number of rotatable bonds is 5. The lowest BCUT2D eigenvalue weighted by molar-refractivity contribution is -0.133. The van der Waals surface area contributed by atoms with Gasteiger partial charge >= 0.3 is 5.97 Å². The molecule has 0 saturated carbocycles. The second-order valence-electron chi connectivity index (χ2n) is 5.10. The standard InChI is InChI=1S/C18H18O3/c1-13-8-9-15(10-14(2)19)11-16(13)12-18(20)21-17-6-4-3-5-7-17/h3-9,11H,10,12H2,1-2H3. The number of benzene rings is 2. The van der Waals surface area contributed by atoms with Crippen molar-refractivity contribution < 1.29 is 14.3 Å². The maximum atomic E-state index is 12.0. The Bertz CT molecular complexity index is 645. The first-order chi connectivity index (χ1) is 10.0. The molecule has 108 valence electrons. The molecule has 0 heterocycles. The molecule has 0 atom stereocenters. The number of para-hydroxylation sites is 1. The van der Waals surface area contributed by atoms with Crippen LogP contribution in [0.1, 0.15) is 23.6 Å². The zero-order chi connectivity index (χ0) is 15.2. The number of hydrogen-bond acceptors (Lipinski definition) is 3. The van der Waals surface area contributed by atoms with Gasteiger partial charge in [0.1, 0.15) is 11.5 Å². The second kappa shape index (κ2) is 6.84. The van der Waals surface area contributed by atoms with E-state index in [4.69, 9.17) is 4.74 Å². The Hall–Kier alpha value is -2.42. The van der Waals surface area contributed by atoms with E-state index in [0.717, 1.165) is 16.7 Å². The molecule has 2 rings (SSSR count). The Morgan fingerprint density at radius 3 is 2.38 bits per heavy atom. The van der Waals surface area contributed by atoms with Crippen LogP contribution in [-0.2, 0) is 22.4 Å². The highest BCUT2D eigenvalue weighted by Gasteiger charge is 2.10. The van der Waals surface area contributed by atoms with Crippen LogP contribution in [0.25, 0.3) is 0 Å². The van der Waals surface area contributed by atoms with Gasteiger partial charge in [0.2, 0.25) is 0 Å². The third-order valence-electron chi connectivity index (χ3n) is 3.18. The van der Waals surface area contributed by atoms with Crippen molar-refractivity contribution in [1.29, 1.82) is 0 Å². The summed E-state index contributed by atoms with van der Waals surface area (Å²) in [6, 6.07) is 14.8. The summed E-state index contributed by atoms with van der Waals surface area (Å²) in [4.78, 5) is 23.2. The molecule has 0 aliphatic heterocycles. The van der Waals surface area contributed by atoms with Gasteiger partial charge in [-0.2, -0.15) is 0 Å². The van der Waals surface area contributed by atoms with Gasteiger partial charge in [-0.25, -0.2) is 0 Å². The summed E-state index contributed by atoms with van der Waals surface area (Å²) >= 11 is 0. The Labute approximate surface area is 124 Å². The lowest BCUT2D eigenvalue weighted by Gasteiger charge is -2.08. The number of Topliss-reactive ketones (excluding diaryl/α,β-unsaturated/α-hetero) is 1. The van der Waals surface area contributed by atoms with Crippen molar-refractivity contribution in [2.75, 3.05) is 0 Å². The van der Waals surface area contributed by atoms with E-state index >= 15 is 0 Å². The molecule has 0 aliphatic carbocycles. The molecule has 2 aromatic rings. The third-order valence-corrected chi connectivity index (χ3v) is 3.18. The maximum absolute atomic E-state index is 12.0. The number of carbonyl (C=O) groups excluding carboxylic acids is 2. The van der Waals surface area contributed by atoms with Crippen LogP contribution in [0.5, 0.6) is 5.75 Å². The maximum Gasteiger partial charge on any atom is 0.315 e. The highest BCUT2D eigenvalue weighted by Crippen LogP contribution is 2.15. The summed E-state index contributed by atoms with van der Waals surface area (Å²) in [5.41, 5.74) is 2.85. The zero-order valence-corrected chi connectivity index (χ0v) is 12.3. The molecule has 0 radical (unpaired) electrons. The quantitative estimate of drug-likeness (QED) is 0.624. The molecular formula is C18H18O3. The van der Waals surface area contributed by atoms with Crippen LogP contribution >= 0.6 is 0 Å². The minimum absolute atomic E-state index is 0.108. The van der Waals surface area contributed by atoms with Crippen LogP contribution < -0.4 is 4.74 Å². The average Bonchev–Trinajstić information content (AvgIpc) is 2.43. The number of carbonyl (C=O) groups is 2. The molecular weight excluding hydrogens is 264 g/mol. The predicted molar refractivity (Wildman–Crippen MR) is 81.3 cm³/mol. The summed E-state index contributed by atoms with van der Waals surface area (Å²) in [5, 5.41) is 0. The summed E-state index contributed by atoms with van der Waals surface area (Å²) in [6.07, 6.45) is 0.591. The molecule has 0 spiro atoms. The average molecular weight is 282 g/mol. The van der Waals surface area contributed by atoms with Gasteiger partial charge in [0.25, 0.3) is 0 Å². The highest BCUT2D eigenvalue weighted by atomic mass is 16.5. The third kappa shape index (κ3) is 4.56. The summed E-state index contributed by atoms with van der Waals surface area (Å²) in [6.45, 7) is 3.51. The zero-order valence-electron chi connectivity index (χ0n) is 12.3. The lowest BCUT2D eigenvalue weighted by atomic mass is 10.00. The van der Waals surface area contributed by atoms with Gasteiger partial charge in [-0.15, -0.1) is 0 Å². The van der Waals surface area contributed by atoms with Gasteiger partial charge in [0.05, 0.1) is 6.42 Å². The second-order valence-corrected chi connectivity index (χ2v) is 5.10. The van der Waals surface area contributed by atoms with Crippen LogP contribution in [0, 0.1) is 6.92 Å². The van der Waals surface area contributed by atoms with Gasteiger partial charge in [-0.3, -0.25) is 9.59 Å². The topological polar surface area (TPSA) is 43.4 Å². The molecule has 0 N–H and O–H groups in total. The van der Waals surface area contributed by atoms with Crippen LogP contribution in [0.15, 0.2) is 48.5 Å². The Morgan fingerprint density at radius 2 is 1.71 bits per heavy atom. The molecule has 0 unspecified atom stereocenters. The monoisotopic (exact) mass is 282 g/mol. The minimum atomic E-state index is -0.302. The summed E-state index contributed by atoms with van der Waals surface area (Å²) < 4.78 is 5.29. The predicted octanol–water partition coefficient (Wildman–Crippen LogP) is 3.27. The fourth-order valence-corrected chi connectivity index (χ4v) is 2.12.